The SMILES string of the molecule is Cc1nn(C)c(CC(N)COC(C)C)c1Cl. The number of ether oxygens (including phenoxy) is 1. The van der Waals surface area contributed by atoms with Crippen LogP contribution in [0.25, 0.3) is 0 Å². The van der Waals surface area contributed by atoms with Gasteiger partial charge >= 0.3 is 0 Å². The molecule has 1 rings (SSSR count). The monoisotopic (exact) mass is 245 g/mol. The van der Waals surface area contributed by atoms with Crippen LogP contribution in [-0.4, -0.2) is 28.5 Å². The predicted molar refractivity (Wildman–Crippen MR) is 65.7 cm³/mol. The van der Waals surface area contributed by atoms with E-state index in [1.54, 1.807) is 4.68 Å². The Morgan fingerprint density at radius 2 is 2.12 bits per heavy atom. The van der Waals surface area contributed by atoms with Gasteiger partial charge in [-0.05, 0) is 20.8 Å². The number of rotatable bonds is 5. The fourth-order valence-electron chi connectivity index (χ4n) is 1.53. The Morgan fingerprint density at radius 1 is 1.50 bits per heavy atom. The van der Waals surface area contributed by atoms with E-state index in [0.717, 1.165) is 11.4 Å². The van der Waals surface area contributed by atoms with E-state index in [2.05, 4.69) is 5.10 Å². The van der Waals surface area contributed by atoms with Crippen molar-refractivity contribution in [2.24, 2.45) is 12.8 Å². The highest BCUT2D eigenvalue weighted by Gasteiger charge is 2.14. The summed E-state index contributed by atoms with van der Waals surface area (Å²) < 4.78 is 7.25. The zero-order valence-corrected chi connectivity index (χ0v) is 11.1. The van der Waals surface area contributed by atoms with Crippen molar-refractivity contribution in [1.82, 2.24) is 9.78 Å². The van der Waals surface area contributed by atoms with Gasteiger partial charge in [-0.3, -0.25) is 4.68 Å². The fourth-order valence-corrected chi connectivity index (χ4v) is 1.76. The van der Waals surface area contributed by atoms with Crippen LogP contribution in [0.3, 0.4) is 0 Å². The third-order valence-corrected chi connectivity index (χ3v) is 2.85. The number of hydrogen-bond donors (Lipinski definition) is 1. The highest BCUT2D eigenvalue weighted by molar-refractivity contribution is 6.31. The van der Waals surface area contributed by atoms with Gasteiger partial charge < -0.3 is 10.5 Å². The van der Waals surface area contributed by atoms with Crippen LogP contribution >= 0.6 is 11.6 Å². The van der Waals surface area contributed by atoms with Crippen molar-refractivity contribution in [2.75, 3.05) is 6.61 Å². The molecule has 4 nitrogen and oxygen atoms in total. The molecule has 1 atom stereocenters. The summed E-state index contributed by atoms with van der Waals surface area (Å²) >= 11 is 6.14. The first-order valence-corrected chi connectivity index (χ1v) is 5.84. The average Bonchev–Trinajstić information content (AvgIpc) is 2.42. The predicted octanol–water partition coefficient (Wildman–Crippen LogP) is 1.68. The standard InChI is InChI=1S/C11H20ClN3O/c1-7(2)16-6-9(13)5-10-11(12)8(3)14-15(10)4/h7,9H,5-6,13H2,1-4H3. The van der Waals surface area contributed by atoms with Crippen LogP contribution in [-0.2, 0) is 18.2 Å². The molecule has 2 N–H and O–H groups in total. The Bertz CT molecular complexity index is 349. The quantitative estimate of drug-likeness (QED) is 0.859. The number of nitrogens with zero attached hydrogens (tertiary/aromatic N) is 2. The molecule has 1 unspecified atom stereocenters. The fraction of sp³-hybridized carbons (Fsp3) is 0.727. The summed E-state index contributed by atoms with van der Waals surface area (Å²) in [7, 11) is 1.88. The van der Waals surface area contributed by atoms with E-state index in [1.807, 2.05) is 27.8 Å². The Morgan fingerprint density at radius 3 is 2.56 bits per heavy atom. The average molecular weight is 246 g/mol. The van der Waals surface area contributed by atoms with Gasteiger partial charge in [0.05, 0.1) is 29.1 Å². The van der Waals surface area contributed by atoms with E-state index in [1.165, 1.54) is 0 Å². The molecule has 0 aliphatic carbocycles. The van der Waals surface area contributed by atoms with Crippen molar-refractivity contribution in [3.63, 3.8) is 0 Å². The van der Waals surface area contributed by atoms with Crippen molar-refractivity contribution >= 4 is 11.6 Å². The summed E-state index contributed by atoms with van der Waals surface area (Å²) in [4.78, 5) is 0. The van der Waals surface area contributed by atoms with Crippen LogP contribution in [0.15, 0.2) is 0 Å². The van der Waals surface area contributed by atoms with Crippen molar-refractivity contribution < 1.29 is 4.74 Å². The summed E-state index contributed by atoms with van der Waals surface area (Å²) in [5.74, 6) is 0. The maximum absolute atomic E-state index is 6.14. The summed E-state index contributed by atoms with van der Waals surface area (Å²) in [6.45, 7) is 6.42. The van der Waals surface area contributed by atoms with Crippen molar-refractivity contribution in [2.45, 2.75) is 39.3 Å². The van der Waals surface area contributed by atoms with Crippen LogP contribution in [0.1, 0.15) is 25.2 Å². The Labute approximate surface area is 102 Å². The van der Waals surface area contributed by atoms with Gasteiger partial charge in [0.15, 0.2) is 0 Å². The lowest BCUT2D eigenvalue weighted by molar-refractivity contribution is 0.0681. The van der Waals surface area contributed by atoms with Crippen molar-refractivity contribution in [3.05, 3.63) is 16.4 Å². The van der Waals surface area contributed by atoms with Crippen LogP contribution < -0.4 is 5.73 Å². The lowest BCUT2D eigenvalue weighted by Gasteiger charge is -2.14. The topological polar surface area (TPSA) is 53.1 Å². The molecule has 0 aromatic carbocycles. The number of nitrogens with two attached hydrogens (primary N) is 1. The second-order valence-electron chi connectivity index (χ2n) is 4.32. The first-order chi connectivity index (χ1) is 7.41. The molecule has 0 saturated carbocycles. The van der Waals surface area contributed by atoms with E-state index in [0.29, 0.717) is 18.1 Å². The second kappa shape index (κ2) is 5.66. The summed E-state index contributed by atoms with van der Waals surface area (Å²) in [6.07, 6.45) is 0.887. The highest BCUT2D eigenvalue weighted by atomic mass is 35.5. The third-order valence-electron chi connectivity index (χ3n) is 2.36. The molecule has 0 saturated heterocycles. The van der Waals surface area contributed by atoms with E-state index in [9.17, 15) is 0 Å². The molecular weight excluding hydrogens is 226 g/mol. The molecule has 0 fully saturated rings. The molecular formula is C11H20ClN3O. The molecule has 5 heteroatoms. The van der Waals surface area contributed by atoms with Gasteiger partial charge in [-0.15, -0.1) is 0 Å². The van der Waals surface area contributed by atoms with Gasteiger partial charge in [0.2, 0.25) is 0 Å². The second-order valence-corrected chi connectivity index (χ2v) is 4.69. The molecule has 16 heavy (non-hydrogen) atoms. The maximum Gasteiger partial charge on any atom is 0.0847 e. The molecule has 0 bridgehead atoms. The molecule has 1 aromatic rings. The van der Waals surface area contributed by atoms with Crippen LogP contribution in [0.5, 0.6) is 0 Å². The smallest absolute Gasteiger partial charge is 0.0847 e. The van der Waals surface area contributed by atoms with Crippen molar-refractivity contribution in [3.8, 4) is 0 Å². The Balaban J connectivity index is 2.59. The molecule has 0 aliphatic heterocycles. The van der Waals surface area contributed by atoms with E-state index in [-0.39, 0.29) is 12.1 Å². The zero-order chi connectivity index (χ0) is 12.3. The summed E-state index contributed by atoms with van der Waals surface area (Å²) in [5.41, 5.74) is 7.79. The number of aryl methyl sites for hydroxylation is 2. The van der Waals surface area contributed by atoms with Gasteiger partial charge in [-0.25, -0.2) is 0 Å². The largest absolute Gasteiger partial charge is 0.377 e. The van der Waals surface area contributed by atoms with Gasteiger partial charge in [-0.1, -0.05) is 11.6 Å². The molecule has 0 amide bonds. The van der Waals surface area contributed by atoms with E-state index >= 15 is 0 Å². The van der Waals surface area contributed by atoms with Gasteiger partial charge in [0, 0.05) is 19.5 Å². The zero-order valence-electron chi connectivity index (χ0n) is 10.3. The molecule has 0 radical (unpaired) electrons. The van der Waals surface area contributed by atoms with E-state index in [4.69, 9.17) is 22.1 Å². The summed E-state index contributed by atoms with van der Waals surface area (Å²) in [5, 5.41) is 4.96. The maximum atomic E-state index is 6.14. The highest BCUT2D eigenvalue weighted by Crippen LogP contribution is 2.20. The normalized spacial score (nSPS) is 13.4. The number of halogens is 1. The third kappa shape index (κ3) is 3.47. The Hall–Kier alpha value is -0.580. The molecule has 0 aliphatic rings. The lowest BCUT2D eigenvalue weighted by atomic mass is 10.1. The van der Waals surface area contributed by atoms with Gasteiger partial charge in [-0.2, -0.15) is 5.10 Å². The number of aromatic nitrogens is 2. The van der Waals surface area contributed by atoms with Crippen LogP contribution in [0.4, 0.5) is 0 Å². The molecule has 1 aromatic heterocycles. The Kier molecular flexibility index (Phi) is 4.77. The lowest BCUT2D eigenvalue weighted by Crippen LogP contribution is -2.30. The molecule has 0 spiro atoms. The molecule has 1 heterocycles. The molecule has 92 valence electrons. The summed E-state index contributed by atoms with van der Waals surface area (Å²) in [6, 6.07) is -0.0466. The minimum Gasteiger partial charge on any atom is -0.377 e. The van der Waals surface area contributed by atoms with Gasteiger partial charge in [0.1, 0.15) is 0 Å². The van der Waals surface area contributed by atoms with Gasteiger partial charge in [0.25, 0.3) is 0 Å². The minimum absolute atomic E-state index is 0.0466. The van der Waals surface area contributed by atoms with Crippen molar-refractivity contribution in [1.29, 1.82) is 0 Å². The first kappa shape index (κ1) is 13.5. The number of hydrogen-bond acceptors (Lipinski definition) is 3. The first-order valence-electron chi connectivity index (χ1n) is 5.47. The van der Waals surface area contributed by atoms with Crippen LogP contribution in [0.2, 0.25) is 5.02 Å². The minimum atomic E-state index is -0.0466. The van der Waals surface area contributed by atoms with Crippen LogP contribution in [0, 0.1) is 6.92 Å². The van der Waals surface area contributed by atoms with E-state index < -0.39 is 0 Å².